The van der Waals surface area contributed by atoms with Crippen molar-refractivity contribution in [1.82, 2.24) is 0 Å². The Morgan fingerprint density at radius 3 is 2.37 bits per heavy atom. The monoisotopic (exact) mass is 338 g/mol. The zero-order valence-electron chi connectivity index (χ0n) is 10.7. The van der Waals surface area contributed by atoms with Gasteiger partial charge in [-0.2, -0.15) is 0 Å². The Labute approximate surface area is 127 Å². The summed E-state index contributed by atoms with van der Waals surface area (Å²) in [4.78, 5) is 0. The van der Waals surface area contributed by atoms with Gasteiger partial charge >= 0.3 is 0 Å². The standard InChI is InChI=1S/C16H16BrClO/c1-2-11-3-5-12(6-4-11)9-16(19)14-10-13(17)7-8-15(14)18/h3-8,10,16,19H,2,9H2,1H3. The van der Waals surface area contributed by atoms with Crippen LogP contribution in [0.3, 0.4) is 0 Å². The maximum absolute atomic E-state index is 10.3. The van der Waals surface area contributed by atoms with E-state index in [0.717, 1.165) is 22.0 Å². The zero-order valence-corrected chi connectivity index (χ0v) is 13.1. The molecular weight excluding hydrogens is 324 g/mol. The molecular formula is C16H16BrClO. The number of aryl methyl sites for hydroxylation is 1. The van der Waals surface area contributed by atoms with E-state index in [2.05, 4.69) is 47.1 Å². The minimum absolute atomic E-state index is 0.570. The average Bonchev–Trinajstić information content (AvgIpc) is 2.42. The molecule has 0 aliphatic carbocycles. The Morgan fingerprint density at radius 2 is 1.74 bits per heavy atom. The van der Waals surface area contributed by atoms with Crippen LogP contribution < -0.4 is 0 Å². The minimum atomic E-state index is -0.586. The minimum Gasteiger partial charge on any atom is -0.388 e. The fraction of sp³-hybridized carbons (Fsp3) is 0.250. The van der Waals surface area contributed by atoms with Crippen molar-refractivity contribution in [3.8, 4) is 0 Å². The number of hydrogen-bond acceptors (Lipinski definition) is 1. The summed E-state index contributed by atoms with van der Waals surface area (Å²) in [7, 11) is 0. The van der Waals surface area contributed by atoms with Crippen LogP contribution in [0.5, 0.6) is 0 Å². The maximum atomic E-state index is 10.3. The third-order valence-corrected chi connectivity index (χ3v) is 4.01. The number of rotatable bonds is 4. The average molecular weight is 340 g/mol. The summed E-state index contributed by atoms with van der Waals surface area (Å²) >= 11 is 9.52. The highest BCUT2D eigenvalue weighted by Gasteiger charge is 2.12. The molecule has 0 saturated carbocycles. The summed E-state index contributed by atoms with van der Waals surface area (Å²) < 4.78 is 0.923. The quantitative estimate of drug-likeness (QED) is 0.836. The highest BCUT2D eigenvalue weighted by molar-refractivity contribution is 9.10. The van der Waals surface area contributed by atoms with E-state index in [1.165, 1.54) is 5.56 Å². The Morgan fingerprint density at radius 1 is 1.11 bits per heavy atom. The number of hydrogen-bond donors (Lipinski definition) is 1. The van der Waals surface area contributed by atoms with E-state index >= 15 is 0 Å². The first kappa shape index (κ1) is 14.6. The molecule has 0 aliphatic heterocycles. The SMILES string of the molecule is CCc1ccc(CC(O)c2cc(Br)ccc2Cl)cc1. The largest absolute Gasteiger partial charge is 0.388 e. The highest BCUT2D eigenvalue weighted by atomic mass is 79.9. The van der Waals surface area contributed by atoms with E-state index < -0.39 is 6.10 Å². The lowest BCUT2D eigenvalue weighted by Gasteiger charge is -2.13. The Bertz CT molecular complexity index is 551. The van der Waals surface area contributed by atoms with Crippen molar-refractivity contribution in [2.75, 3.05) is 0 Å². The second kappa shape index (κ2) is 6.56. The van der Waals surface area contributed by atoms with Gasteiger partial charge in [0.25, 0.3) is 0 Å². The van der Waals surface area contributed by atoms with Crippen LogP contribution in [0.2, 0.25) is 5.02 Å². The van der Waals surface area contributed by atoms with E-state index in [9.17, 15) is 5.11 Å². The molecule has 0 radical (unpaired) electrons. The third-order valence-electron chi connectivity index (χ3n) is 3.18. The van der Waals surface area contributed by atoms with Crippen LogP contribution in [0, 0.1) is 0 Å². The third kappa shape index (κ3) is 3.82. The predicted molar refractivity (Wildman–Crippen MR) is 83.6 cm³/mol. The van der Waals surface area contributed by atoms with Crippen molar-refractivity contribution in [3.63, 3.8) is 0 Å². The smallest absolute Gasteiger partial charge is 0.0845 e. The van der Waals surface area contributed by atoms with Crippen molar-refractivity contribution in [3.05, 3.63) is 68.7 Å². The lowest BCUT2D eigenvalue weighted by Crippen LogP contribution is -2.02. The molecule has 2 aromatic rings. The highest BCUT2D eigenvalue weighted by Crippen LogP contribution is 2.28. The van der Waals surface area contributed by atoms with Gasteiger partial charge in [-0.15, -0.1) is 0 Å². The summed E-state index contributed by atoms with van der Waals surface area (Å²) in [5, 5.41) is 10.9. The van der Waals surface area contributed by atoms with Crippen LogP contribution in [0.1, 0.15) is 29.7 Å². The lowest BCUT2D eigenvalue weighted by atomic mass is 10.00. The fourth-order valence-electron chi connectivity index (χ4n) is 2.01. The van der Waals surface area contributed by atoms with E-state index in [1.54, 1.807) is 6.07 Å². The van der Waals surface area contributed by atoms with Gasteiger partial charge in [0.05, 0.1) is 6.10 Å². The molecule has 0 fully saturated rings. The van der Waals surface area contributed by atoms with Crippen molar-refractivity contribution in [2.45, 2.75) is 25.9 Å². The molecule has 0 aromatic heterocycles. The molecule has 1 unspecified atom stereocenters. The Balaban J connectivity index is 2.15. The van der Waals surface area contributed by atoms with E-state index in [4.69, 9.17) is 11.6 Å². The first-order valence-corrected chi connectivity index (χ1v) is 7.48. The van der Waals surface area contributed by atoms with Crippen LogP contribution >= 0.6 is 27.5 Å². The number of aliphatic hydroxyl groups excluding tert-OH is 1. The molecule has 1 atom stereocenters. The molecule has 2 aromatic carbocycles. The van der Waals surface area contributed by atoms with E-state index in [-0.39, 0.29) is 0 Å². The van der Waals surface area contributed by atoms with Gasteiger partial charge < -0.3 is 5.11 Å². The molecule has 0 amide bonds. The molecule has 19 heavy (non-hydrogen) atoms. The molecule has 1 nitrogen and oxygen atoms in total. The predicted octanol–water partition coefficient (Wildman–Crippen LogP) is 4.94. The first-order valence-electron chi connectivity index (χ1n) is 6.31. The van der Waals surface area contributed by atoms with E-state index in [1.807, 2.05) is 12.1 Å². The van der Waals surface area contributed by atoms with Crippen LogP contribution in [-0.4, -0.2) is 5.11 Å². The molecule has 3 heteroatoms. The van der Waals surface area contributed by atoms with E-state index in [0.29, 0.717) is 11.4 Å². The zero-order chi connectivity index (χ0) is 13.8. The Kier molecular flexibility index (Phi) is 5.03. The number of halogens is 2. The van der Waals surface area contributed by atoms with Crippen molar-refractivity contribution >= 4 is 27.5 Å². The van der Waals surface area contributed by atoms with Gasteiger partial charge in [0.15, 0.2) is 0 Å². The van der Waals surface area contributed by atoms with Crippen molar-refractivity contribution in [1.29, 1.82) is 0 Å². The van der Waals surface area contributed by atoms with Gasteiger partial charge in [0, 0.05) is 21.5 Å². The summed E-state index contributed by atoms with van der Waals surface area (Å²) in [5.41, 5.74) is 3.18. The van der Waals surface area contributed by atoms with Crippen LogP contribution in [0.25, 0.3) is 0 Å². The summed E-state index contributed by atoms with van der Waals surface area (Å²) in [5.74, 6) is 0. The summed E-state index contributed by atoms with van der Waals surface area (Å²) in [6, 6.07) is 13.9. The van der Waals surface area contributed by atoms with Crippen molar-refractivity contribution in [2.24, 2.45) is 0 Å². The first-order chi connectivity index (χ1) is 9.10. The number of benzene rings is 2. The van der Waals surface area contributed by atoms with Gasteiger partial charge in [0.1, 0.15) is 0 Å². The normalized spacial score (nSPS) is 12.4. The maximum Gasteiger partial charge on any atom is 0.0845 e. The van der Waals surface area contributed by atoms with Crippen molar-refractivity contribution < 1.29 is 5.11 Å². The molecule has 0 saturated heterocycles. The van der Waals surface area contributed by atoms with Crippen LogP contribution in [0.4, 0.5) is 0 Å². The summed E-state index contributed by atoms with van der Waals surface area (Å²) in [6.07, 6.45) is 1.01. The molecule has 0 heterocycles. The van der Waals surface area contributed by atoms with Gasteiger partial charge in [0.2, 0.25) is 0 Å². The van der Waals surface area contributed by atoms with Gasteiger partial charge in [-0.25, -0.2) is 0 Å². The molecule has 0 bridgehead atoms. The van der Waals surface area contributed by atoms with Crippen LogP contribution in [0.15, 0.2) is 46.9 Å². The van der Waals surface area contributed by atoms with Gasteiger partial charge in [-0.3, -0.25) is 0 Å². The molecule has 0 spiro atoms. The molecule has 1 N–H and O–H groups in total. The second-order valence-corrected chi connectivity index (χ2v) is 5.88. The second-order valence-electron chi connectivity index (χ2n) is 4.56. The fourth-order valence-corrected chi connectivity index (χ4v) is 2.64. The Hall–Kier alpha value is -0.830. The van der Waals surface area contributed by atoms with Crippen LogP contribution in [-0.2, 0) is 12.8 Å². The molecule has 0 aliphatic rings. The molecule has 2 rings (SSSR count). The lowest BCUT2D eigenvalue weighted by molar-refractivity contribution is 0.178. The number of aliphatic hydroxyl groups is 1. The molecule has 100 valence electrons. The topological polar surface area (TPSA) is 20.2 Å². The summed E-state index contributed by atoms with van der Waals surface area (Å²) in [6.45, 7) is 2.13. The van der Waals surface area contributed by atoms with Gasteiger partial charge in [-0.05, 0) is 35.7 Å². The van der Waals surface area contributed by atoms with Gasteiger partial charge in [-0.1, -0.05) is 58.7 Å².